The lowest BCUT2D eigenvalue weighted by molar-refractivity contribution is -0.384. The van der Waals surface area contributed by atoms with Crippen molar-refractivity contribution in [2.45, 2.75) is 13.5 Å². The maximum absolute atomic E-state index is 10.6. The molecular weight excluding hydrogens is 230 g/mol. The molecule has 0 aromatic heterocycles. The summed E-state index contributed by atoms with van der Waals surface area (Å²) in [5.41, 5.74) is 3.89. The molecule has 1 N–H and O–H groups in total. The molecule has 2 aromatic rings. The van der Waals surface area contributed by atoms with Gasteiger partial charge in [-0.1, -0.05) is 18.2 Å². The van der Waals surface area contributed by atoms with Crippen molar-refractivity contribution in [1.29, 1.82) is 0 Å². The Morgan fingerprint density at radius 3 is 2.22 bits per heavy atom. The highest BCUT2D eigenvalue weighted by Gasteiger charge is 2.06. The van der Waals surface area contributed by atoms with Crippen LogP contribution in [0.5, 0.6) is 0 Å². The quantitative estimate of drug-likeness (QED) is 0.665. The van der Waals surface area contributed by atoms with Crippen LogP contribution < -0.4 is 0 Å². The third-order valence-electron chi connectivity index (χ3n) is 2.92. The Labute approximate surface area is 105 Å². The minimum Gasteiger partial charge on any atom is -0.392 e. The molecule has 0 bridgehead atoms. The number of aliphatic hydroxyl groups excluding tert-OH is 1. The van der Waals surface area contributed by atoms with Gasteiger partial charge in [0.05, 0.1) is 11.5 Å². The number of non-ortho nitro benzene ring substituents is 1. The molecule has 0 spiro atoms. The van der Waals surface area contributed by atoms with Crippen molar-refractivity contribution >= 4 is 5.69 Å². The fourth-order valence-electron chi connectivity index (χ4n) is 1.83. The summed E-state index contributed by atoms with van der Waals surface area (Å²) in [6.07, 6.45) is 0. The van der Waals surface area contributed by atoms with Crippen molar-refractivity contribution in [3.63, 3.8) is 0 Å². The highest BCUT2D eigenvalue weighted by Crippen LogP contribution is 2.24. The van der Waals surface area contributed by atoms with E-state index in [4.69, 9.17) is 5.11 Å². The molecule has 0 heterocycles. The molecule has 4 nitrogen and oxygen atoms in total. The second-order valence-corrected chi connectivity index (χ2v) is 4.10. The Morgan fingerprint density at radius 2 is 1.72 bits per heavy atom. The van der Waals surface area contributed by atoms with Crippen molar-refractivity contribution < 1.29 is 10.0 Å². The number of hydrogen-bond acceptors (Lipinski definition) is 3. The third-order valence-corrected chi connectivity index (χ3v) is 2.92. The van der Waals surface area contributed by atoms with Crippen LogP contribution in [0.1, 0.15) is 11.1 Å². The van der Waals surface area contributed by atoms with Gasteiger partial charge in [-0.05, 0) is 41.3 Å². The highest BCUT2D eigenvalue weighted by atomic mass is 16.6. The van der Waals surface area contributed by atoms with E-state index in [0.29, 0.717) is 0 Å². The molecule has 4 heteroatoms. The Morgan fingerprint density at radius 1 is 1.11 bits per heavy atom. The van der Waals surface area contributed by atoms with Gasteiger partial charge >= 0.3 is 0 Å². The number of hydrogen-bond donors (Lipinski definition) is 1. The van der Waals surface area contributed by atoms with Crippen LogP contribution in [0.25, 0.3) is 11.1 Å². The summed E-state index contributed by atoms with van der Waals surface area (Å²) in [6.45, 7) is 1.95. The van der Waals surface area contributed by atoms with Crippen LogP contribution >= 0.6 is 0 Å². The molecule has 0 aliphatic rings. The van der Waals surface area contributed by atoms with Crippen molar-refractivity contribution in [1.82, 2.24) is 0 Å². The summed E-state index contributed by atoms with van der Waals surface area (Å²) in [5.74, 6) is 0. The lowest BCUT2D eigenvalue weighted by atomic mass is 10.00. The number of rotatable bonds is 3. The summed E-state index contributed by atoms with van der Waals surface area (Å²) in [5, 5.41) is 19.7. The number of nitro benzene ring substituents is 1. The lowest BCUT2D eigenvalue weighted by Gasteiger charge is -2.06. The molecule has 0 amide bonds. The maximum Gasteiger partial charge on any atom is 0.269 e. The Kier molecular flexibility index (Phi) is 3.39. The van der Waals surface area contributed by atoms with E-state index < -0.39 is 4.92 Å². The summed E-state index contributed by atoms with van der Waals surface area (Å²) in [7, 11) is 0. The molecule has 0 saturated heterocycles. The number of nitrogens with zero attached hydrogens (tertiary/aromatic N) is 1. The van der Waals surface area contributed by atoms with E-state index in [1.165, 1.54) is 12.1 Å². The average Bonchev–Trinajstić information content (AvgIpc) is 2.38. The van der Waals surface area contributed by atoms with Crippen LogP contribution in [0.4, 0.5) is 5.69 Å². The van der Waals surface area contributed by atoms with E-state index in [0.717, 1.165) is 22.3 Å². The van der Waals surface area contributed by atoms with Gasteiger partial charge in [-0.3, -0.25) is 10.1 Å². The molecule has 92 valence electrons. The zero-order valence-corrected chi connectivity index (χ0v) is 9.96. The topological polar surface area (TPSA) is 63.4 Å². The van der Waals surface area contributed by atoms with Gasteiger partial charge in [0.15, 0.2) is 0 Å². The molecule has 2 rings (SSSR count). The molecule has 0 aliphatic heterocycles. The smallest absolute Gasteiger partial charge is 0.269 e. The highest BCUT2D eigenvalue weighted by molar-refractivity contribution is 5.66. The second-order valence-electron chi connectivity index (χ2n) is 4.10. The first kappa shape index (κ1) is 12.3. The molecule has 0 unspecified atom stereocenters. The van der Waals surface area contributed by atoms with Crippen LogP contribution in [0.15, 0.2) is 42.5 Å². The summed E-state index contributed by atoms with van der Waals surface area (Å²) >= 11 is 0. The predicted molar refractivity (Wildman–Crippen MR) is 69.2 cm³/mol. The number of nitro groups is 1. The molecule has 0 fully saturated rings. The standard InChI is InChI=1S/C14H13NO3/c1-10-8-12(2-3-13(10)9-16)11-4-6-14(7-5-11)15(17)18/h2-8,16H,9H2,1H3. The van der Waals surface area contributed by atoms with Gasteiger partial charge in [0.2, 0.25) is 0 Å². The van der Waals surface area contributed by atoms with Gasteiger partial charge in [0.25, 0.3) is 5.69 Å². The summed E-state index contributed by atoms with van der Waals surface area (Å²) in [6, 6.07) is 12.2. The number of aryl methyl sites for hydroxylation is 1. The first-order chi connectivity index (χ1) is 8.61. The van der Waals surface area contributed by atoms with Gasteiger partial charge in [-0.25, -0.2) is 0 Å². The Balaban J connectivity index is 2.36. The van der Waals surface area contributed by atoms with Crippen LogP contribution in [-0.2, 0) is 6.61 Å². The largest absolute Gasteiger partial charge is 0.392 e. The summed E-state index contributed by atoms with van der Waals surface area (Å²) < 4.78 is 0. The lowest BCUT2D eigenvalue weighted by Crippen LogP contribution is -1.90. The third kappa shape index (κ3) is 2.38. The second kappa shape index (κ2) is 4.98. The van der Waals surface area contributed by atoms with Gasteiger partial charge in [0, 0.05) is 12.1 Å². The SMILES string of the molecule is Cc1cc(-c2ccc([N+](=O)[O-])cc2)ccc1CO. The van der Waals surface area contributed by atoms with E-state index in [9.17, 15) is 10.1 Å². The van der Waals surface area contributed by atoms with Gasteiger partial charge < -0.3 is 5.11 Å². The Hall–Kier alpha value is -2.20. The minimum absolute atomic E-state index is 0.0202. The number of benzene rings is 2. The van der Waals surface area contributed by atoms with Crippen LogP contribution in [0.3, 0.4) is 0 Å². The van der Waals surface area contributed by atoms with Gasteiger partial charge in [-0.2, -0.15) is 0 Å². The zero-order valence-electron chi connectivity index (χ0n) is 9.96. The molecule has 18 heavy (non-hydrogen) atoms. The van der Waals surface area contributed by atoms with Crippen molar-refractivity contribution in [3.8, 4) is 11.1 Å². The van der Waals surface area contributed by atoms with Gasteiger partial charge in [-0.15, -0.1) is 0 Å². The van der Waals surface area contributed by atoms with E-state index in [2.05, 4.69) is 0 Å². The zero-order chi connectivity index (χ0) is 13.1. The number of aliphatic hydroxyl groups is 1. The van der Waals surface area contributed by atoms with Crippen molar-refractivity contribution in [3.05, 3.63) is 63.7 Å². The molecule has 0 radical (unpaired) electrons. The molecule has 0 atom stereocenters. The fourth-order valence-corrected chi connectivity index (χ4v) is 1.83. The minimum atomic E-state index is -0.413. The normalized spacial score (nSPS) is 10.3. The van der Waals surface area contributed by atoms with Crippen molar-refractivity contribution in [2.75, 3.05) is 0 Å². The molecular formula is C14H13NO3. The predicted octanol–water partition coefficient (Wildman–Crippen LogP) is 3.06. The molecule has 2 aromatic carbocycles. The molecule has 0 aliphatic carbocycles. The van der Waals surface area contributed by atoms with E-state index in [1.54, 1.807) is 12.1 Å². The first-order valence-electron chi connectivity index (χ1n) is 5.57. The monoisotopic (exact) mass is 243 g/mol. The van der Waals surface area contributed by atoms with E-state index in [1.807, 2.05) is 25.1 Å². The van der Waals surface area contributed by atoms with E-state index >= 15 is 0 Å². The van der Waals surface area contributed by atoms with Crippen LogP contribution in [0.2, 0.25) is 0 Å². The van der Waals surface area contributed by atoms with Gasteiger partial charge in [0.1, 0.15) is 0 Å². The van der Waals surface area contributed by atoms with Crippen molar-refractivity contribution in [2.24, 2.45) is 0 Å². The van der Waals surface area contributed by atoms with Crippen LogP contribution in [-0.4, -0.2) is 10.0 Å². The Bertz CT molecular complexity index is 576. The average molecular weight is 243 g/mol. The first-order valence-corrected chi connectivity index (χ1v) is 5.57. The maximum atomic E-state index is 10.6. The molecule has 0 saturated carbocycles. The summed E-state index contributed by atoms with van der Waals surface area (Å²) in [4.78, 5) is 10.2. The van der Waals surface area contributed by atoms with Crippen LogP contribution in [0, 0.1) is 17.0 Å². The van der Waals surface area contributed by atoms with E-state index in [-0.39, 0.29) is 12.3 Å². The fraction of sp³-hybridized carbons (Fsp3) is 0.143.